The first-order chi connectivity index (χ1) is 13.2. The molecule has 2 aromatic rings. The summed E-state index contributed by atoms with van der Waals surface area (Å²) >= 11 is 3.56. The lowest BCUT2D eigenvalue weighted by molar-refractivity contribution is 0.0523. The van der Waals surface area contributed by atoms with Crippen molar-refractivity contribution in [2.45, 2.75) is 33.7 Å². The molecule has 2 rings (SSSR count). The molecule has 1 aromatic heterocycles. The minimum Gasteiger partial charge on any atom is -0.493 e. The summed E-state index contributed by atoms with van der Waals surface area (Å²) in [5.41, 5.74) is 1.07. The molecule has 0 saturated carbocycles. The van der Waals surface area contributed by atoms with Gasteiger partial charge in [-0.1, -0.05) is 13.8 Å². The maximum atomic E-state index is 12.7. The van der Waals surface area contributed by atoms with Gasteiger partial charge in [0.15, 0.2) is 16.9 Å². The predicted octanol–water partition coefficient (Wildman–Crippen LogP) is 4.69. The summed E-state index contributed by atoms with van der Waals surface area (Å²) in [5, 5.41) is 0. The molecule has 0 fully saturated rings. The van der Waals surface area contributed by atoms with Gasteiger partial charge < -0.3 is 18.8 Å². The van der Waals surface area contributed by atoms with Crippen molar-refractivity contribution in [3.05, 3.63) is 44.7 Å². The first kappa shape index (κ1) is 22.0. The Hall–Kier alpha value is -2.28. The van der Waals surface area contributed by atoms with E-state index in [4.69, 9.17) is 14.2 Å². The Kier molecular flexibility index (Phi) is 7.29. The molecule has 0 N–H and O–H groups in total. The largest absolute Gasteiger partial charge is 0.493 e. The highest BCUT2D eigenvalue weighted by molar-refractivity contribution is 9.10. The number of pyridine rings is 1. The van der Waals surface area contributed by atoms with E-state index >= 15 is 0 Å². The van der Waals surface area contributed by atoms with Crippen LogP contribution in [-0.2, 0) is 4.74 Å². The van der Waals surface area contributed by atoms with E-state index in [1.807, 2.05) is 17.6 Å². The Bertz CT molecular complexity index is 920. The molecular weight excluding hydrogens is 426 g/mol. The molecule has 0 amide bonds. The quantitative estimate of drug-likeness (QED) is 0.571. The molecule has 152 valence electrons. The summed E-state index contributed by atoms with van der Waals surface area (Å²) < 4.78 is 18.5. The number of esters is 1. The summed E-state index contributed by atoms with van der Waals surface area (Å²) in [4.78, 5) is 24.9. The first-order valence-corrected chi connectivity index (χ1v) is 9.89. The van der Waals surface area contributed by atoms with Crippen molar-refractivity contribution >= 4 is 21.9 Å². The van der Waals surface area contributed by atoms with E-state index in [1.54, 1.807) is 33.4 Å². The van der Waals surface area contributed by atoms with Gasteiger partial charge in [-0.15, -0.1) is 0 Å². The average Bonchev–Trinajstić information content (AvgIpc) is 2.66. The predicted molar refractivity (Wildman–Crippen MR) is 112 cm³/mol. The van der Waals surface area contributed by atoms with Crippen molar-refractivity contribution in [1.82, 2.24) is 4.57 Å². The van der Waals surface area contributed by atoms with Gasteiger partial charge in [0.1, 0.15) is 5.56 Å². The molecule has 0 aliphatic carbocycles. The van der Waals surface area contributed by atoms with Crippen LogP contribution in [-0.4, -0.2) is 31.4 Å². The molecule has 0 saturated heterocycles. The molecule has 1 atom stereocenters. The van der Waals surface area contributed by atoms with E-state index in [0.717, 1.165) is 10.0 Å². The number of hydrogen-bond acceptors (Lipinski definition) is 5. The Morgan fingerprint density at radius 1 is 1.11 bits per heavy atom. The van der Waals surface area contributed by atoms with Gasteiger partial charge in [0, 0.05) is 28.3 Å². The number of carbonyl (C=O) groups excluding carboxylic acids is 1. The van der Waals surface area contributed by atoms with Crippen LogP contribution >= 0.6 is 15.9 Å². The van der Waals surface area contributed by atoms with Crippen molar-refractivity contribution < 1.29 is 19.0 Å². The summed E-state index contributed by atoms with van der Waals surface area (Å²) in [7, 11) is 3.12. The van der Waals surface area contributed by atoms with E-state index in [2.05, 4.69) is 29.8 Å². The minimum absolute atomic E-state index is 0.0229. The Labute approximate surface area is 173 Å². The van der Waals surface area contributed by atoms with E-state index in [1.165, 1.54) is 6.07 Å². The fraction of sp³-hybridized carbons (Fsp3) is 0.429. The number of aromatic nitrogens is 1. The van der Waals surface area contributed by atoms with Gasteiger partial charge in [-0.25, -0.2) is 4.79 Å². The van der Waals surface area contributed by atoms with Crippen LogP contribution in [0, 0.1) is 5.92 Å². The fourth-order valence-electron chi connectivity index (χ4n) is 2.84. The van der Waals surface area contributed by atoms with Crippen molar-refractivity contribution in [2.75, 3.05) is 20.8 Å². The lowest BCUT2D eigenvalue weighted by Gasteiger charge is -2.25. The number of ether oxygens (including phenoxy) is 3. The summed E-state index contributed by atoms with van der Waals surface area (Å²) in [5.74, 6) is 0.781. The molecule has 7 heteroatoms. The SMILES string of the molecule is CCOC(=O)c1cn(C(C)C(C)C)c(-c2cc(OC)c(OC)cc2Br)cc1=O. The number of benzene rings is 1. The second-order valence-electron chi connectivity index (χ2n) is 6.74. The van der Waals surface area contributed by atoms with Crippen LogP contribution in [0.25, 0.3) is 11.3 Å². The lowest BCUT2D eigenvalue weighted by atomic mass is 10.0. The van der Waals surface area contributed by atoms with Gasteiger partial charge in [-0.2, -0.15) is 0 Å². The second-order valence-corrected chi connectivity index (χ2v) is 7.59. The van der Waals surface area contributed by atoms with Gasteiger partial charge in [0.25, 0.3) is 0 Å². The second kappa shape index (κ2) is 9.28. The summed E-state index contributed by atoms with van der Waals surface area (Å²) in [6, 6.07) is 5.11. The molecule has 0 aliphatic rings. The highest BCUT2D eigenvalue weighted by Crippen LogP contribution is 2.39. The molecule has 1 unspecified atom stereocenters. The van der Waals surface area contributed by atoms with Crippen molar-refractivity contribution in [1.29, 1.82) is 0 Å². The van der Waals surface area contributed by atoms with Crippen molar-refractivity contribution in [3.63, 3.8) is 0 Å². The monoisotopic (exact) mass is 451 g/mol. The average molecular weight is 452 g/mol. The maximum Gasteiger partial charge on any atom is 0.343 e. The first-order valence-electron chi connectivity index (χ1n) is 9.10. The maximum absolute atomic E-state index is 12.7. The molecule has 0 radical (unpaired) electrons. The molecule has 0 aliphatic heterocycles. The Morgan fingerprint density at radius 2 is 1.71 bits per heavy atom. The lowest BCUT2D eigenvalue weighted by Crippen LogP contribution is -2.23. The van der Waals surface area contributed by atoms with Gasteiger partial charge in [-0.05, 0) is 47.8 Å². The molecule has 0 bridgehead atoms. The van der Waals surface area contributed by atoms with Crippen LogP contribution in [0.1, 0.15) is 44.1 Å². The standard InChI is InChI=1S/C21H26BrNO5/c1-7-28-21(25)15-11-23(13(4)12(2)3)17(10-18(15)24)14-8-19(26-5)20(27-6)9-16(14)22/h8-13H,7H2,1-6H3. The molecule has 1 aromatic carbocycles. The number of nitrogens with zero attached hydrogens (tertiary/aromatic N) is 1. The van der Waals surface area contributed by atoms with Gasteiger partial charge in [-0.3, -0.25) is 4.79 Å². The van der Waals surface area contributed by atoms with E-state index < -0.39 is 5.97 Å². The summed E-state index contributed by atoms with van der Waals surface area (Å²) in [6.45, 7) is 8.13. The molecule has 28 heavy (non-hydrogen) atoms. The van der Waals surface area contributed by atoms with Gasteiger partial charge in [0.2, 0.25) is 0 Å². The molecule has 0 spiro atoms. The van der Waals surface area contributed by atoms with E-state index in [0.29, 0.717) is 17.2 Å². The Morgan fingerprint density at radius 3 is 2.25 bits per heavy atom. The highest BCUT2D eigenvalue weighted by atomic mass is 79.9. The third-order valence-electron chi connectivity index (χ3n) is 4.73. The fourth-order valence-corrected chi connectivity index (χ4v) is 3.36. The Balaban J connectivity index is 2.78. The third-order valence-corrected chi connectivity index (χ3v) is 5.38. The van der Waals surface area contributed by atoms with Crippen LogP contribution in [0.5, 0.6) is 11.5 Å². The number of hydrogen-bond donors (Lipinski definition) is 0. The van der Waals surface area contributed by atoms with Crippen LogP contribution in [0.2, 0.25) is 0 Å². The molecule has 6 nitrogen and oxygen atoms in total. The highest BCUT2D eigenvalue weighted by Gasteiger charge is 2.22. The third kappa shape index (κ3) is 4.41. The smallest absolute Gasteiger partial charge is 0.343 e. The van der Waals surface area contributed by atoms with Gasteiger partial charge >= 0.3 is 5.97 Å². The van der Waals surface area contributed by atoms with Crippen LogP contribution in [0.15, 0.2) is 33.7 Å². The normalized spacial score (nSPS) is 12.0. The van der Waals surface area contributed by atoms with Gasteiger partial charge in [0.05, 0.1) is 26.5 Å². The van der Waals surface area contributed by atoms with Crippen LogP contribution in [0.4, 0.5) is 0 Å². The number of halogens is 1. The molecule has 1 heterocycles. The van der Waals surface area contributed by atoms with Crippen molar-refractivity contribution in [3.8, 4) is 22.8 Å². The van der Waals surface area contributed by atoms with Crippen molar-refractivity contribution in [2.24, 2.45) is 5.92 Å². The number of rotatable bonds is 7. The van der Waals surface area contributed by atoms with Crippen LogP contribution in [0.3, 0.4) is 0 Å². The van der Waals surface area contributed by atoms with E-state index in [9.17, 15) is 9.59 Å². The van der Waals surface area contributed by atoms with Crippen LogP contribution < -0.4 is 14.9 Å². The van der Waals surface area contributed by atoms with E-state index in [-0.39, 0.29) is 29.6 Å². The number of methoxy groups -OCH3 is 2. The minimum atomic E-state index is -0.616. The number of carbonyl (C=O) groups is 1. The zero-order valence-corrected chi connectivity index (χ0v) is 18.6. The molecular formula is C21H26BrNO5. The summed E-state index contributed by atoms with van der Waals surface area (Å²) in [6.07, 6.45) is 1.59. The topological polar surface area (TPSA) is 66.8 Å². The zero-order valence-electron chi connectivity index (χ0n) is 17.0. The zero-order chi connectivity index (χ0) is 21.0.